The maximum Gasteiger partial charge on any atom is 0.149 e. The van der Waals surface area contributed by atoms with E-state index in [-0.39, 0.29) is 5.75 Å². The van der Waals surface area contributed by atoms with Gasteiger partial charge in [-0.25, -0.2) is 8.42 Å². The van der Waals surface area contributed by atoms with Crippen LogP contribution in [0.4, 0.5) is 0 Å². The van der Waals surface area contributed by atoms with E-state index in [0.29, 0.717) is 0 Å². The summed E-state index contributed by atoms with van der Waals surface area (Å²) in [5.41, 5.74) is 3.27. The van der Waals surface area contributed by atoms with Crippen LogP contribution in [0.15, 0.2) is 54.6 Å². The van der Waals surface area contributed by atoms with Gasteiger partial charge >= 0.3 is 0 Å². The largest absolute Gasteiger partial charge is 0.229 e. The van der Waals surface area contributed by atoms with Crippen molar-refractivity contribution in [3.63, 3.8) is 0 Å². The van der Waals surface area contributed by atoms with Crippen molar-refractivity contribution in [2.45, 2.75) is 11.8 Å². The lowest BCUT2D eigenvalue weighted by Gasteiger charge is -2.09. The van der Waals surface area contributed by atoms with Gasteiger partial charge in [-0.15, -0.1) is 11.6 Å². The Bertz CT molecular complexity index is 649. The maximum atomic E-state index is 11.2. The van der Waals surface area contributed by atoms with E-state index in [4.69, 9.17) is 11.6 Å². The van der Waals surface area contributed by atoms with E-state index in [9.17, 15) is 8.42 Å². The fourth-order valence-electron chi connectivity index (χ4n) is 2.04. The molecule has 0 aliphatic heterocycles. The van der Waals surface area contributed by atoms with Crippen molar-refractivity contribution in [1.29, 1.82) is 0 Å². The highest BCUT2D eigenvalue weighted by Gasteiger charge is 2.14. The molecule has 0 spiro atoms. The lowest BCUT2D eigenvalue weighted by molar-refractivity contribution is 0.600. The molecule has 0 aromatic heterocycles. The van der Waals surface area contributed by atoms with Crippen LogP contribution >= 0.6 is 11.6 Å². The lowest BCUT2D eigenvalue weighted by Crippen LogP contribution is -2.08. The second kappa shape index (κ2) is 6.42. The van der Waals surface area contributed by atoms with Crippen LogP contribution in [-0.4, -0.2) is 20.4 Å². The summed E-state index contributed by atoms with van der Waals surface area (Å²) in [5.74, 6) is -0.0351. The molecule has 0 aliphatic carbocycles. The molecule has 2 nitrogen and oxygen atoms in total. The molecular weight excluding hydrogens is 292 g/mol. The lowest BCUT2D eigenvalue weighted by atomic mass is 10.0. The van der Waals surface area contributed by atoms with Crippen LogP contribution < -0.4 is 0 Å². The third-order valence-corrected chi connectivity index (χ3v) is 4.57. The minimum Gasteiger partial charge on any atom is -0.229 e. The molecule has 0 aliphatic rings. The number of rotatable bonds is 5. The quantitative estimate of drug-likeness (QED) is 0.791. The third kappa shape index (κ3) is 4.66. The van der Waals surface area contributed by atoms with Gasteiger partial charge in [-0.1, -0.05) is 54.6 Å². The highest BCUT2D eigenvalue weighted by Crippen LogP contribution is 2.23. The maximum absolute atomic E-state index is 11.2. The minimum atomic E-state index is -3.06. The highest BCUT2D eigenvalue weighted by molar-refractivity contribution is 7.90. The number of benzene rings is 2. The van der Waals surface area contributed by atoms with Crippen LogP contribution in [0.5, 0.6) is 0 Å². The van der Waals surface area contributed by atoms with Crippen molar-refractivity contribution in [1.82, 2.24) is 0 Å². The molecular formula is C16H17ClO2S. The van der Waals surface area contributed by atoms with Crippen LogP contribution in [0.3, 0.4) is 0 Å². The van der Waals surface area contributed by atoms with E-state index in [1.807, 2.05) is 42.5 Å². The fourth-order valence-corrected chi connectivity index (χ4v) is 3.59. The first-order chi connectivity index (χ1) is 9.44. The predicted octanol–water partition coefficient (Wildman–Crippen LogP) is 3.60. The van der Waals surface area contributed by atoms with E-state index in [0.717, 1.165) is 12.0 Å². The Morgan fingerprint density at radius 1 is 0.950 bits per heavy atom. The molecule has 4 heteroatoms. The van der Waals surface area contributed by atoms with Crippen molar-refractivity contribution in [2.75, 3.05) is 12.0 Å². The SMILES string of the molecule is CS(=O)(=O)CC(Cl)c1ccc(Cc2ccccc2)cc1. The summed E-state index contributed by atoms with van der Waals surface area (Å²) in [6.45, 7) is 0. The summed E-state index contributed by atoms with van der Waals surface area (Å²) in [7, 11) is -3.06. The van der Waals surface area contributed by atoms with Gasteiger partial charge < -0.3 is 0 Å². The van der Waals surface area contributed by atoms with Gasteiger partial charge in [-0.3, -0.25) is 0 Å². The second-order valence-electron chi connectivity index (χ2n) is 4.96. The highest BCUT2D eigenvalue weighted by atomic mass is 35.5. The van der Waals surface area contributed by atoms with E-state index < -0.39 is 15.2 Å². The van der Waals surface area contributed by atoms with Gasteiger partial charge in [0.2, 0.25) is 0 Å². The van der Waals surface area contributed by atoms with Crippen molar-refractivity contribution >= 4 is 21.4 Å². The molecule has 0 bridgehead atoms. The molecule has 2 aromatic rings. The number of hydrogen-bond acceptors (Lipinski definition) is 2. The molecule has 0 radical (unpaired) electrons. The third-order valence-electron chi connectivity index (χ3n) is 3.04. The molecule has 1 atom stereocenters. The molecule has 1 unspecified atom stereocenters. The molecule has 0 heterocycles. The summed E-state index contributed by atoms with van der Waals surface area (Å²) in [5, 5.41) is -0.490. The predicted molar refractivity (Wildman–Crippen MR) is 84.0 cm³/mol. The summed E-state index contributed by atoms with van der Waals surface area (Å²) < 4.78 is 22.5. The van der Waals surface area contributed by atoms with Crippen LogP contribution in [0.2, 0.25) is 0 Å². The fraction of sp³-hybridized carbons (Fsp3) is 0.250. The number of sulfone groups is 1. The zero-order valence-corrected chi connectivity index (χ0v) is 12.9. The Morgan fingerprint density at radius 2 is 1.50 bits per heavy atom. The summed E-state index contributed by atoms with van der Waals surface area (Å²) in [4.78, 5) is 0. The molecule has 0 fully saturated rings. The molecule has 0 N–H and O–H groups in total. The Morgan fingerprint density at radius 3 is 2.05 bits per heavy atom. The van der Waals surface area contributed by atoms with Crippen molar-refractivity contribution in [3.05, 3.63) is 71.3 Å². The monoisotopic (exact) mass is 308 g/mol. The first-order valence-corrected chi connectivity index (χ1v) is 8.88. The first-order valence-electron chi connectivity index (χ1n) is 6.38. The Labute approximate surface area is 125 Å². The van der Waals surface area contributed by atoms with E-state index in [1.54, 1.807) is 0 Å². The second-order valence-corrected chi connectivity index (χ2v) is 7.68. The summed E-state index contributed by atoms with van der Waals surface area (Å²) in [6.07, 6.45) is 2.06. The van der Waals surface area contributed by atoms with Crippen molar-refractivity contribution in [3.8, 4) is 0 Å². The molecule has 0 saturated heterocycles. The van der Waals surface area contributed by atoms with Gasteiger partial charge in [0.25, 0.3) is 0 Å². The van der Waals surface area contributed by atoms with E-state index in [1.165, 1.54) is 17.4 Å². The first kappa shape index (κ1) is 15.1. The molecule has 20 heavy (non-hydrogen) atoms. The Balaban J connectivity index is 2.07. The average molecular weight is 309 g/mol. The van der Waals surface area contributed by atoms with E-state index in [2.05, 4.69) is 12.1 Å². The van der Waals surface area contributed by atoms with Gasteiger partial charge in [0.1, 0.15) is 9.84 Å². The van der Waals surface area contributed by atoms with E-state index >= 15 is 0 Å². The van der Waals surface area contributed by atoms with Crippen molar-refractivity contribution < 1.29 is 8.42 Å². The van der Waals surface area contributed by atoms with Gasteiger partial charge in [0.05, 0.1) is 11.1 Å². The summed E-state index contributed by atoms with van der Waals surface area (Å²) in [6, 6.07) is 18.0. The smallest absolute Gasteiger partial charge is 0.149 e. The molecule has 0 saturated carbocycles. The summed E-state index contributed by atoms with van der Waals surface area (Å²) >= 11 is 6.12. The van der Waals surface area contributed by atoms with Crippen LogP contribution in [0.25, 0.3) is 0 Å². The zero-order chi connectivity index (χ0) is 14.6. The van der Waals surface area contributed by atoms with Crippen LogP contribution in [0.1, 0.15) is 22.1 Å². The molecule has 2 rings (SSSR count). The topological polar surface area (TPSA) is 34.1 Å². The zero-order valence-electron chi connectivity index (χ0n) is 11.3. The van der Waals surface area contributed by atoms with Crippen molar-refractivity contribution in [2.24, 2.45) is 0 Å². The van der Waals surface area contributed by atoms with Gasteiger partial charge in [0, 0.05) is 6.26 Å². The average Bonchev–Trinajstić information content (AvgIpc) is 2.39. The standard InChI is InChI=1S/C16H17ClO2S/c1-20(18,19)12-16(17)15-9-7-14(8-10-15)11-13-5-3-2-4-6-13/h2-10,16H,11-12H2,1H3. The van der Waals surface area contributed by atoms with Gasteiger partial charge in [-0.05, 0) is 23.1 Å². The number of alkyl halides is 1. The number of halogens is 1. The van der Waals surface area contributed by atoms with Crippen LogP contribution in [-0.2, 0) is 16.3 Å². The normalized spacial score (nSPS) is 13.1. The molecule has 2 aromatic carbocycles. The Kier molecular flexibility index (Phi) is 4.84. The molecule has 0 amide bonds. The van der Waals surface area contributed by atoms with Gasteiger partial charge in [0.15, 0.2) is 0 Å². The minimum absolute atomic E-state index is 0.0351. The Hall–Kier alpha value is -1.32. The molecule has 106 valence electrons. The van der Waals surface area contributed by atoms with Gasteiger partial charge in [-0.2, -0.15) is 0 Å². The van der Waals surface area contributed by atoms with Crippen LogP contribution in [0, 0.1) is 0 Å². The number of hydrogen-bond donors (Lipinski definition) is 0.